The van der Waals surface area contributed by atoms with Gasteiger partial charge in [0.05, 0.1) is 11.0 Å². The molecule has 0 spiro atoms. The zero-order valence-electron chi connectivity index (χ0n) is 8.84. The second-order valence-electron chi connectivity index (χ2n) is 3.38. The minimum Gasteiger partial charge on any atom is -0.315 e. The lowest BCUT2D eigenvalue weighted by Gasteiger charge is -2.12. The maximum absolute atomic E-state index is 11.5. The van der Waals surface area contributed by atoms with Gasteiger partial charge in [0.15, 0.2) is 9.84 Å². The summed E-state index contributed by atoms with van der Waals surface area (Å²) in [5.74, 6) is 0.308. The molecule has 0 amide bonds. The van der Waals surface area contributed by atoms with Gasteiger partial charge in [-0.15, -0.1) is 0 Å². The fourth-order valence-electron chi connectivity index (χ4n) is 1.09. The third-order valence-corrected chi connectivity index (χ3v) is 4.33. The lowest BCUT2D eigenvalue weighted by atomic mass is 10.4. The molecule has 0 saturated carbocycles. The Bertz CT molecular complexity index is 212. The number of hydrogen-bond donors (Lipinski definition) is 1. The van der Waals surface area contributed by atoms with Crippen molar-refractivity contribution in [3.63, 3.8) is 0 Å². The van der Waals surface area contributed by atoms with Crippen molar-refractivity contribution in [2.24, 2.45) is 0 Å². The summed E-state index contributed by atoms with van der Waals surface area (Å²) >= 11 is 0. The zero-order valence-corrected chi connectivity index (χ0v) is 9.65. The maximum atomic E-state index is 11.5. The van der Waals surface area contributed by atoms with Crippen molar-refractivity contribution >= 4 is 9.84 Å². The Morgan fingerprint density at radius 2 is 1.85 bits per heavy atom. The fourth-order valence-corrected chi connectivity index (χ4v) is 2.44. The first-order chi connectivity index (χ1) is 6.04. The molecule has 0 aromatic heterocycles. The van der Waals surface area contributed by atoms with Gasteiger partial charge in [-0.1, -0.05) is 13.8 Å². The van der Waals surface area contributed by atoms with Gasteiger partial charge in [0, 0.05) is 6.54 Å². The minimum absolute atomic E-state index is 0.251. The standard InChI is InChI=1S/C9H21NO2S/c1-4-6-10-8-9(3)13(11,12)7-5-2/h9-10H,4-8H2,1-3H3. The van der Waals surface area contributed by atoms with Crippen LogP contribution in [0.1, 0.15) is 33.6 Å². The molecule has 0 saturated heterocycles. The van der Waals surface area contributed by atoms with Crippen molar-refractivity contribution in [2.75, 3.05) is 18.8 Å². The van der Waals surface area contributed by atoms with Gasteiger partial charge >= 0.3 is 0 Å². The van der Waals surface area contributed by atoms with Gasteiger partial charge in [-0.2, -0.15) is 0 Å². The van der Waals surface area contributed by atoms with Crippen LogP contribution < -0.4 is 5.32 Å². The summed E-state index contributed by atoms with van der Waals surface area (Å²) in [6.07, 6.45) is 1.75. The van der Waals surface area contributed by atoms with Crippen LogP contribution in [0.25, 0.3) is 0 Å². The zero-order chi connectivity index (χ0) is 10.3. The molecule has 13 heavy (non-hydrogen) atoms. The molecule has 0 aliphatic rings. The Morgan fingerprint density at radius 3 is 2.31 bits per heavy atom. The molecule has 80 valence electrons. The summed E-state index contributed by atoms with van der Waals surface area (Å²) in [6.45, 7) is 7.21. The molecular weight excluding hydrogens is 186 g/mol. The van der Waals surface area contributed by atoms with E-state index in [0.29, 0.717) is 18.7 Å². The van der Waals surface area contributed by atoms with E-state index in [9.17, 15) is 8.42 Å². The van der Waals surface area contributed by atoms with Crippen molar-refractivity contribution in [3.05, 3.63) is 0 Å². The average Bonchev–Trinajstić information content (AvgIpc) is 2.04. The molecule has 0 aliphatic heterocycles. The normalized spacial score (nSPS) is 14.4. The Hall–Kier alpha value is -0.0900. The Morgan fingerprint density at radius 1 is 1.23 bits per heavy atom. The summed E-state index contributed by atoms with van der Waals surface area (Å²) in [4.78, 5) is 0. The van der Waals surface area contributed by atoms with Crippen LogP contribution >= 0.6 is 0 Å². The maximum Gasteiger partial charge on any atom is 0.154 e. The van der Waals surface area contributed by atoms with Crippen molar-refractivity contribution in [1.29, 1.82) is 0 Å². The molecule has 1 atom stereocenters. The van der Waals surface area contributed by atoms with E-state index in [4.69, 9.17) is 0 Å². The highest BCUT2D eigenvalue weighted by atomic mass is 32.2. The highest BCUT2D eigenvalue weighted by Crippen LogP contribution is 2.02. The second kappa shape index (κ2) is 6.38. The summed E-state index contributed by atoms with van der Waals surface area (Å²) < 4.78 is 23.0. The smallest absolute Gasteiger partial charge is 0.154 e. The molecule has 0 aromatic rings. The monoisotopic (exact) mass is 207 g/mol. The molecule has 1 N–H and O–H groups in total. The molecule has 0 aliphatic carbocycles. The average molecular weight is 207 g/mol. The molecule has 0 rings (SSSR count). The summed E-state index contributed by atoms with van der Waals surface area (Å²) in [6, 6.07) is 0. The van der Waals surface area contributed by atoms with Gasteiger partial charge in [-0.3, -0.25) is 0 Å². The molecule has 0 radical (unpaired) electrons. The number of sulfone groups is 1. The van der Waals surface area contributed by atoms with E-state index >= 15 is 0 Å². The van der Waals surface area contributed by atoms with Gasteiger partial charge < -0.3 is 5.32 Å². The van der Waals surface area contributed by atoms with Crippen molar-refractivity contribution in [3.8, 4) is 0 Å². The third kappa shape index (κ3) is 5.26. The van der Waals surface area contributed by atoms with E-state index in [0.717, 1.165) is 13.0 Å². The van der Waals surface area contributed by atoms with Crippen LogP contribution in [-0.2, 0) is 9.84 Å². The summed E-state index contributed by atoms with van der Waals surface area (Å²) in [7, 11) is -2.85. The summed E-state index contributed by atoms with van der Waals surface area (Å²) in [5, 5.41) is 2.87. The van der Waals surface area contributed by atoms with E-state index in [-0.39, 0.29) is 5.25 Å². The molecule has 1 unspecified atom stereocenters. The number of hydrogen-bond acceptors (Lipinski definition) is 3. The van der Waals surface area contributed by atoms with Gasteiger partial charge in [0.25, 0.3) is 0 Å². The van der Waals surface area contributed by atoms with Crippen LogP contribution in [0.15, 0.2) is 0 Å². The first kappa shape index (κ1) is 12.9. The van der Waals surface area contributed by atoms with Gasteiger partial charge in [0.1, 0.15) is 0 Å². The van der Waals surface area contributed by atoms with Crippen molar-refractivity contribution in [2.45, 2.75) is 38.9 Å². The highest BCUT2D eigenvalue weighted by molar-refractivity contribution is 7.92. The van der Waals surface area contributed by atoms with E-state index in [1.807, 2.05) is 6.92 Å². The SMILES string of the molecule is CCCNCC(C)S(=O)(=O)CCC. The van der Waals surface area contributed by atoms with Crippen molar-refractivity contribution in [1.82, 2.24) is 5.32 Å². The van der Waals surface area contributed by atoms with E-state index in [1.165, 1.54) is 0 Å². The van der Waals surface area contributed by atoms with Crippen LogP contribution in [0.5, 0.6) is 0 Å². The van der Waals surface area contributed by atoms with E-state index in [1.54, 1.807) is 6.92 Å². The predicted octanol–water partition coefficient (Wildman–Crippen LogP) is 1.20. The molecular formula is C9H21NO2S. The number of rotatable bonds is 7. The largest absolute Gasteiger partial charge is 0.315 e. The van der Waals surface area contributed by atoms with Gasteiger partial charge in [-0.25, -0.2) is 8.42 Å². The topological polar surface area (TPSA) is 46.2 Å². The Labute approximate surface area is 81.8 Å². The third-order valence-electron chi connectivity index (χ3n) is 1.96. The van der Waals surface area contributed by atoms with Crippen LogP contribution in [-0.4, -0.2) is 32.5 Å². The molecule has 0 fully saturated rings. The van der Waals surface area contributed by atoms with Gasteiger partial charge in [-0.05, 0) is 26.3 Å². The Kier molecular flexibility index (Phi) is 6.33. The fraction of sp³-hybridized carbons (Fsp3) is 1.00. The molecule has 0 heterocycles. The second-order valence-corrected chi connectivity index (χ2v) is 5.92. The predicted molar refractivity (Wildman–Crippen MR) is 56.7 cm³/mol. The van der Waals surface area contributed by atoms with Gasteiger partial charge in [0.2, 0.25) is 0 Å². The quantitative estimate of drug-likeness (QED) is 0.638. The van der Waals surface area contributed by atoms with Crippen molar-refractivity contribution < 1.29 is 8.42 Å². The lowest BCUT2D eigenvalue weighted by Crippen LogP contribution is -2.32. The minimum atomic E-state index is -2.85. The molecule has 0 bridgehead atoms. The van der Waals surface area contributed by atoms with Crippen LogP contribution in [0.3, 0.4) is 0 Å². The van der Waals surface area contributed by atoms with E-state index in [2.05, 4.69) is 12.2 Å². The number of nitrogens with one attached hydrogen (secondary N) is 1. The molecule has 0 aromatic carbocycles. The first-order valence-electron chi connectivity index (χ1n) is 4.96. The molecule has 3 nitrogen and oxygen atoms in total. The van der Waals surface area contributed by atoms with Crippen LogP contribution in [0.4, 0.5) is 0 Å². The lowest BCUT2D eigenvalue weighted by molar-refractivity contribution is 0.569. The summed E-state index contributed by atoms with van der Waals surface area (Å²) in [5.41, 5.74) is 0. The first-order valence-corrected chi connectivity index (χ1v) is 6.68. The Balaban J connectivity index is 3.87. The van der Waals surface area contributed by atoms with E-state index < -0.39 is 9.84 Å². The van der Waals surface area contributed by atoms with Crippen LogP contribution in [0.2, 0.25) is 0 Å². The highest BCUT2D eigenvalue weighted by Gasteiger charge is 2.18. The molecule has 4 heteroatoms. The van der Waals surface area contributed by atoms with Crippen LogP contribution in [0, 0.1) is 0 Å².